The maximum absolute atomic E-state index is 13.1. The molecule has 5 heteroatoms. The fourth-order valence-corrected chi connectivity index (χ4v) is 2.17. The van der Waals surface area contributed by atoms with Crippen LogP contribution >= 0.6 is 0 Å². The summed E-state index contributed by atoms with van der Waals surface area (Å²) < 4.78 is 13.1. The van der Waals surface area contributed by atoms with E-state index in [0.717, 1.165) is 56.1 Å². The number of benzene rings is 1. The Balaban J connectivity index is 2.41. The van der Waals surface area contributed by atoms with E-state index in [1.54, 1.807) is 6.07 Å². The van der Waals surface area contributed by atoms with E-state index < -0.39 is 0 Å². The predicted octanol–water partition coefficient (Wildman–Crippen LogP) is 2.18. The molecule has 0 saturated heterocycles. The highest BCUT2D eigenvalue weighted by Crippen LogP contribution is 2.10. The van der Waals surface area contributed by atoms with Gasteiger partial charge in [0.25, 0.3) is 0 Å². The van der Waals surface area contributed by atoms with Gasteiger partial charge in [-0.15, -0.1) is 0 Å². The summed E-state index contributed by atoms with van der Waals surface area (Å²) >= 11 is 0. The van der Waals surface area contributed by atoms with Crippen LogP contribution in [0.1, 0.15) is 24.5 Å². The van der Waals surface area contributed by atoms with Gasteiger partial charge in [0.2, 0.25) is 0 Å². The van der Waals surface area contributed by atoms with Crippen molar-refractivity contribution in [3.8, 4) is 0 Å². The highest BCUT2D eigenvalue weighted by atomic mass is 19.1. The second kappa shape index (κ2) is 10.2. The minimum absolute atomic E-state index is 0.176. The second-order valence-corrected chi connectivity index (χ2v) is 5.67. The normalized spacial score (nSPS) is 11.8. The molecule has 0 amide bonds. The molecule has 0 aliphatic carbocycles. The van der Waals surface area contributed by atoms with Crippen molar-refractivity contribution in [1.29, 1.82) is 0 Å². The van der Waals surface area contributed by atoms with Crippen molar-refractivity contribution in [1.82, 2.24) is 15.5 Å². The Labute approximate surface area is 133 Å². The number of aliphatic imine (C=N–C) groups is 1. The number of halogens is 1. The summed E-state index contributed by atoms with van der Waals surface area (Å²) in [4.78, 5) is 6.72. The van der Waals surface area contributed by atoms with Crippen molar-refractivity contribution in [3.63, 3.8) is 0 Å². The third kappa shape index (κ3) is 7.41. The molecule has 0 aliphatic heterocycles. The van der Waals surface area contributed by atoms with Crippen LogP contribution in [0.15, 0.2) is 23.2 Å². The molecule has 0 aliphatic rings. The molecule has 4 nitrogen and oxygen atoms in total. The van der Waals surface area contributed by atoms with Crippen LogP contribution in [0.5, 0.6) is 0 Å². The third-order valence-electron chi connectivity index (χ3n) is 3.37. The standard InChI is InChI=1S/C17H29FN4/c1-5-19-17(20-10-6-12-22(3)4)21-11-9-15-7-8-16(18)13-14(15)2/h7-8,13H,5-6,9-12H2,1-4H3,(H2,19,20,21). The number of guanidine groups is 1. The Bertz CT molecular complexity index is 472. The lowest BCUT2D eigenvalue weighted by molar-refractivity contribution is 0.403. The highest BCUT2D eigenvalue weighted by molar-refractivity contribution is 5.79. The zero-order valence-corrected chi connectivity index (χ0v) is 14.2. The van der Waals surface area contributed by atoms with Crippen LogP contribution < -0.4 is 10.6 Å². The van der Waals surface area contributed by atoms with Crippen molar-refractivity contribution in [2.75, 3.05) is 40.3 Å². The van der Waals surface area contributed by atoms with Crippen LogP contribution in [-0.2, 0) is 6.42 Å². The SMILES string of the molecule is CCNC(=NCCCN(C)C)NCCc1ccc(F)cc1C. The molecule has 0 unspecified atom stereocenters. The lowest BCUT2D eigenvalue weighted by atomic mass is 10.1. The summed E-state index contributed by atoms with van der Waals surface area (Å²) in [6.07, 6.45) is 1.90. The van der Waals surface area contributed by atoms with Gasteiger partial charge in [-0.1, -0.05) is 6.07 Å². The molecule has 0 atom stereocenters. The predicted molar refractivity (Wildman–Crippen MR) is 92.0 cm³/mol. The second-order valence-electron chi connectivity index (χ2n) is 5.67. The molecule has 124 valence electrons. The first-order valence-corrected chi connectivity index (χ1v) is 7.95. The van der Waals surface area contributed by atoms with Gasteiger partial charge in [-0.05, 0) is 70.6 Å². The molecule has 2 N–H and O–H groups in total. The topological polar surface area (TPSA) is 39.7 Å². The summed E-state index contributed by atoms with van der Waals surface area (Å²) in [6.45, 7) is 7.47. The van der Waals surface area contributed by atoms with Crippen molar-refractivity contribution in [2.45, 2.75) is 26.7 Å². The molecule has 0 radical (unpaired) electrons. The van der Waals surface area contributed by atoms with E-state index >= 15 is 0 Å². The number of rotatable bonds is 8. The minimum atomic E-state index is -0.176. The number of hydrogen-bond acceptors (Lipinski definition) is 2. The van der Waals surface area contributed by atoms with Gasteiger partial charge in [0.05, 0.1) is 0 Å². The molecule has 0 fully saturated rings. The minimum Gasteiger partial charge on any atom is -0.357 e. The van der Waals surface area contributed by atoms with Gasteiger partial charge in [-0.3, -0.25) is 4.99 Å². The first kappa shape index (κ1) is 18.4. The molecule has 0 aromatic heterocycles. The van der Waals surface area contributed by atoms with Crippen LogP contribution in [0, 0.1) is 12.7 Å². The molecule has 0 saturated carbocycles. The molecule has 1 rings (SSSR count). The Hall–Kier alpha value is -1.62. The summed E-state index contributed by atoms with van der Waals surface area (Å²) in [7, 11) is 4.14. The summed E-state index contributed by atoms with van der Waals surface area (Å²) in [5, 5.41) is 6.58. The number of hydrogen-bond donors (Lipinski definition) is 2. The molecular weight excluding hydrogens is 279 g/mol. The quantitative estimate of drug-likeness (QED) is 0.439. The summed E-state index contributed by atoms with van der Waals surface area (Å²) in [5.41, 5.74) is 2.16. The fraction of sp³-hybridized carbons (Fsp3) is 0.588. The van der Waals surface area contributed by atoms with Crippen molar-refractivity contribution in [2.24, 2.45) is 4.99 Å². The van der Waals surface area contributed by atoms with Crippen molar-refractivity contribution < 1.29 is 4.39 Å². The van der Waals surface area contributed by atoms with Gasteiger partial charge < -0.3 is 15.5 Å². The van der Waals surface area contributed by atoms with Gasteiger partial charge in [-0.2, -0.15) is 0 Å². The number of nitrogens with one attached hydrogen (secondary N) is 2. The van der Waals surface area contributed by atoms with E-state index in [0.29, 0.717) is 0 Å². The average Bonchev–Trinajstić information content (AvgIpc) is 2.45. The fourth-order valence-electron chi connectivity index (χ4n) is 2.17. The highest BCUT2D eigenvalue weighted by Gasteiger charge is 2.01. The van der Waals surface area contributed by atoms with E-state index in [9.17, 15) is 4.39 Å². The zero-order chi connectivity index (χ0) is 16.4. The van der Waals surface area contributed by atoms with E-state index in [-0.39, 0.29) is 5.82 Å². The summed E-state index contributed by atoms with van der Waals surface area (Å²) in [5.74, 6) is 0.672. The lowest BCUT2D eigenvalue weighted by Crippen LogP contribution is -2.38. The lowest BCUT2D eigenvalue weighted by Gasteiger charge is -2.13. The molecule has 1 aromatic carbocycles. The van der Waals surface area contributed by atoms with Gasteiger partial charge >= 0.3 is 0 Å². The zero-order valence-electron chi connectivity index (χ0n) is 14.2. The molecular formula is C17H29FN4. The van der Waals surface area contributed by atoms with Crippen LogP contribution in [0.4, 0.5) is 4.39 Å². The molecule has 0 heterocycles. The van der Waals surface area contributed by atoms with Gasteiger partial charge in [0.1, 0.15) is 5.82 Å². The maximum Gasteiger partial charge on any atom is 0.191 e. The first-order chi connectivity index (χ1) is 10.5. The Morgan fingerprint density at radius 3 is 2.68 bits per heavy atom. The van der Waals surface area contributed by atoms with Crippen LogP contribution in [0.25, 0.3) is 0 Å². The smallest absolute Gasteiger partial charge is 0.191 e. The van der Waals surface area contributed by atoms with E-state index in [4.69, 9.17) is 0 Å². The van der Waals surface area contributed by atoms with E-state index in [2.05, 4.69) is 41.5 Å². The Morgan fingerprint density at radius 2 is 2.05 bits per heavy atom. The molecule has 1 aromatic rings. The molecule has 0 bridgehead atoms. The monoisotopic (exact) mass is 308 g/mol. The number of nitrogens with zero attached hydrogens (tertiary/aromatic N) is 2. The summed E-state index contributed by atoms with van der Waals surface area (Å²) in [6, 6.07) is 4.95. The average molecular weight is 308 g/mol. The van der Waals surface area contributed by atoms with Crippen LogP contribution in [0.3, 0.4) is 0 Å². The Kier molecular flexibility index (Phi) is 8.51. The van der Waals surface area contributed by atoms with Gasteiger partial charge in [0, 0.05) is 19.6 Å². The van der Waals surface area contributed by atoms with Crippen molar-refractivity contribution in [3.05, 3.63) is 35.1 Å². The van der Waals surface area contributed by atoms with Crippen molar-refractivity contribution >= 4 is 5.96 Å². The molecule has 22 heavy (non-hydrogen) atoms. The maximum atomic E-state index is 13.1. The van der Waals surface area contributed by atoms with Crippen LogP contribution in [-0.4, -0.2) is 51.1 Å². The number of aryl methyl sites for hydroxylation is 1. The largest absolute Gasteiger partial charge is 0.357 e. The van der Waals surface area contributed by atoms with Crippen LogP contribution in [0.2, 0.25) is 0 Å². The van der Waals surface area contributed by atoms with E-state index in [1.807, 2.05) is 13.0 Å². The first-order valence-electron chi connectivity index (χ1n) is 7.95. The van der Waals surface area contributed by atoms with Gasteiger partial charge in [0.15, 0.2) is 5.96 Å². The third-order valence-corrected chi connectivity index (χ3v) is 3.37. The van der Waals surface area contributed by atoms with E-state index in [1.165, 1.54) is 6.07 Å². The Morgan fingerprint density at radius 1 is 1.27 bits per heavy atom. The molecule has 0 spiro atoms. The van der Waals surface area contributed by atoms with Gasteiger partial charge in [-0.25, -0.2) is 4.39 Å².